The van der Waals surface area contributed by atoms with E-state index in [1.807, 2.05) is 0 Å². The Bertz CT molecular complexity index is 564. The van der Waals surface area contributed by atoms with E-state index in [-0.39, 0.29) is 44.4 Å². The minimum absolute atomic E-state index is 0.00794. The molecule has 1 aliphatic carbocycles. The van der Waals surface area contributed by atoms with Gasteiger partial charge in [0.2, 0.25) is 0 Å². The molecule has 2 nitrogen and oxygen atoms in total. The minimum Gasteiger partial charge on any atom is -0.378 e. The molecular formula is C19H29F8NO. The van der Waals surface area contributed by atoms with E-state index in [4.69, 9.17) is 4.74 Å². The van der Waals surface area contributed by atoms with Crippen LogP contribution in [0.25, 0.3) is 0 Å². The highest BCUT2D eigenvalue weighted by molar-refractivity contribution is 5.13. The minimum atomic E-state index is -5.61. The van der Waals surface area contributed by atoms with Crippen LogP contribution in [-0.2, 0) is 4.74 Å². The van der Waals surface area contributed by atoms with Crippen LogP contribution in [0.15, 0.2) is 0 Å². The molecule has 0 aromatic carbocycles. The highest BCUT2D eigenvalue weighted by atomic mass is 19.4. The summed E-state index contributed by atoms with van der Waals surface area (Å²) in [4.78, 5) is 1.05. The second-order valence-electron chi connectivity index (χ2n) is 9.34. The molecule has 10 heteroatoms. The summed E-state index contributed by atoms with van der Waals surface area (Å²) in [6.07, 6.45) is -9.84. The third-order valence-corrected chi connectivity index (χ3v) is 6.69. The molecule has 2 fully saturated rings. The molecule has 0 N–H and O–H groups in total. The average Bonchev–Trinajstić information content (AvgIpc) is 3.29. The van der Waals surface area contributed by atoms with Crippen molar-refractivity contribution in [2.45, 2.75) is 71.3 Å². The molecule has 2 aliphatic rings. The van der Waals surface area contributed by atoms with Crippen LogP contribution in [0.5, 0.6) is 0 Å². The van der Waals surface area contributed by atoms with Crippen LogP contribution < -0.4 is 0 Å². The summed E-state index contributed by atoms with van der Waals surface area (Å²) < 4.78 is 110. The number of likely N-dealkylation sites (tertiary alicyclic amines) is 1. The number of hydrogen-bond acceptors (Lipinski definition) is 2. The van der Waals surface area contributed by atoms with E-state index in [0.717, 1.165) is 4.90 Å². The maximum absolute atomic E-state index is 13.8. The van der Waals surface area contributed by atoms with E-state index in [0.29, 0.717) is 0 Å². The summed E-state index contributed by atoms with van der Waals surface area (Å²) >= 11 is 0. The van der Waals surface area contributed by atoms with E-state index in [1.165, 1.54) is 0 Å². The van der Waals surface area contributed by atoms with Crippen LogP contribution >= 0.6 is 0 Å². The second kappa shape index (κ2) is 7.80. The van der Waals surface area contributed by atoms with Gasteiger partial charge in [0, 0.05) is 0 Å². The Morgan fingerprint density at radius 1 is 0.966 bits per heavy atom. The van der Waals surface area contributed by atoms with Crippen molar-refractivity contribution in [3.05, 3.63) is 0 Å². The van der Waals surface area contributed by atoms with Gasteiger partial charge < -0.3 is 4.74 Å². The van der Waals surface area contributed by atoms with Crippen LogP contribution in [0.2, 0.25) is 0 Å². The Balaban J connectivity index is 2.01. The molecule has 2 atom stereocenters. The fraction of sp³-hybridized carbons (Fsp3) is 1.00. The average molecular weight is 439 g/mol. The normalized spacial score (nSPS) is 28.2. The van der Waals surface area contributed by atoms with Crippen LogP contribution in [0, 0.1) is 22.7 Å². The van der Waals surface area contributed by atoms with Crippen LogP contribution in [0.3, 0.4) is 0 Å². The van der Waals surface area contributed by atoms with Gasteiger partial charge >= 0.3 is 18.3 Å². The highest BCUT2D eigenvalue weighted by Gasteiger charge is 2.74. The van der Waals surface area contributed by atoms with Gasteiger partial charge in [0.1, 0.15) is 0 Å². The van der Waals surface area contributed by atoms with Gasteiger partial charge in [-0.05, 0) is 63.5 Å². The van der Waals surface area contributed by atoms with Crippen molar-refractivity contribution in [3.63, 3.8) is 0 Å². The number of piperidine rings is 1. The SMILES string of the molecule is CC(C)OCC1(C(F)(F)F)CC1C(C)(C)C1CCN(CC(F)(F)C(F)(F)F)CC1. The van der Waals surface area contributed by atoms with Crippen molar-refractivity contribution in [2.24, 2.45) is 22.7 Å². The molecule has 1 aliphatic heterocycles. The highest BCUT2D eigenvalue weighted by Crippen LogP contribution is 2.70. The molecule has 1 saturated heterocycles. The second-order valence-corrected chi connectivity index (χ2v) is 9.34. The fourth-order valence-corrected chi connectivity index (χ4v) is 4.64. The lowest BCUT2D eigenvalue weighted by molar-refractivity contribution is -0.287. The van der Waals surface area contributed by atoms with Crippen LogP contribution in [0.4, 0.5) is 35.1 Å². The summed E-state index contributed by atoms with van der Waals surface area (Å²) in [6, 6.07) is 0. The van der Waals surface area contributed by atoms with E-state index in [1.54, 1.807) is 27.7 Å². The number of rotatable bonds is 7. The Kier molecular flexibility index (Phi) is 6.63. The molecule has 1 heterocycles. The summed E-state index contributed by atoms with van der Waals surface area (Å²) in [7, 11) is 0. The van der Waals surface area contributed by atoms with E-state index in [9.17, 15) is 35.1 Å². The summed E-state index contributed by atoms with van der Waals surface area (Å²) in [5.41, 5.74) is -2.64. The maximum atomic E-state index is 13.8. The van der Waals surface area contributed by atoms with E-state index < -0.39 is 48.2 Å². The molecule has 2 rings (SSSR count). The number of alkyl halides is 8. The molecule has 0 amide bonds. The van der Waals surface area contributed by atoms with Crippen molar-refractivity contribution in [1.29, 1.82) is 0 Å². The predicted molar refractivity (Wildman–Crippen MR) is 91.6 cm³/mol. The van der Waals surface area contributed by atoms with E-state index >= 15 is 0 Å². The molecule has 0 bridgehead atoms. The van der Waals surface area contributed by atoms with Gasteiger partial charge in [-0.15, -0.1) is 0 Å². The van der Waals surface area contributed by atoms with Crippen LogP contribution in [-0.4, -0.2) is 55.5 Å². The standard InChI is InChI=1S/C19H29F8NO/c1-12(2)29-11-16(18(22,23)24)9-14(16)15(3,4)13-5-7-28(8-6-13)10-17(20,21)19(25,26)27/h12-14H,5-11H2,1-4H3. The van der Waals surface area contributed by atoms with Gasteiger partial charge in [-0.25, -0.2) is 0 Å². The largest absolute Gasteiger partial charge is 0.454 e. The summed E-state index contributed by atoms with van der Waals surface area (Å²) in [5, 5.41) is 0. The fourth-order valence-electron chi connectivity index (χ4n) is 4.64. The maximum Gasteiger partial charge on any atom is 0.454 e. The van der Waals surface area contributed by atoms with Gasteiger partial charge in [-0.2, -0.15) is 35.1 Å². The molecule has 0 aromatic rings. The zero-order valence-corrected chi connectivity index (χ0v) is 17.1. The predicted octanol–water partition coefficient (Wildman–Crippen LogP) is 5.92. The quantitative estimate of drug-likeness (QED) is 0.457. The van der Waals surface area contributed by atoms with Gasteiger partial charge in [0.15, 0.2) is 0 Å². The van der Waals surface area contributed by atoms with Crippen molar-refractivity contribution in [2.75, 3.05) is 26.2 Å². The van der Waals surface area contributed by atoms with Crippen molar-refractivity contribution >= 4 is 0 Å². The third kappa shape index (κ3) is 4.99. The lowest BCUT2D eigenvalue weighted by Crippen LogP contribution is -2.50. The number of halogens is 8. The number of nitrogens with zero attached hydrogens (tertiary/aromatic N) is 1. The van der Waals surface area contributed by atoms with E-state index in [2.05, 4.69) is 0 Å². The molecule has 0 aromatic heterocycles. The topological polar surface area (TPSA) is 12.5 Å². The molecule has 0 spiro atoms. The van der Waals surface area contributed by atoms with Gasteiger partial charge in [0.25, 0.3) is 0 Å². The summed E-state index contributed by atoms with van der Waals surface area (Å²) in [5.74, 6) is -5.65. The van der Waals surface area contributed by atoms with Gasteiger partial charge in [0.05, 0.1) is 24.7 Å². The third-order valence-electron chi connectivity index (χ3n) is 6.69. The number of ether oxygens (including phenoxy) is 1. The Hall–Kier alpha value is -0.640. The molecular weight excluding hydrogens is 410 g/mol. The molecule has 29 heavy (non-hydrogen) atoms. The Labute approximate surface area is 165 Å². The van der Waals surface area contributed by atoms with Gasteiger partial charge in [-0.1, -0.05) is 13.8 Å². The molecule has 1 saturated carbocycles. The first kappa shape index (κ1) is 24.6. The first-order chi connectivity index (χ1) is 12.9. The lowest BCUT2D eigenvalue weighted by Gasteiger charge is -2.43. The first-order valence-corrected chi connectivity index (χ1v) is 9.79. The van der Waals surface area contributed by atoms with Crippen molar-refractivity contribution in [3.8, 4) is 0 Å². The summed E-state index contributed by atoms with van der Waals surface area (Å²) in [6.45, 7) is 5.00. The number of hydrogen-bond donors (Lipinski definition) is 0. The molecule has 2 unspecified atom stereocenters. The lowest BCUT2D eigenvalue weighted by atomic mass is 9.68. The van der Waals surface area contributed by atoms with Crippen molar-refractivity contribution < 1.29 is 39.9 Å². The zero-order chi connectivity index (χ0) is 22.5. The Morgan fingerprint density at radius 2 is 1.48 bits per heavy atom. The Morgan fingerprint density at radius 3 is 1.90 bits per heavy atom. The monoisotopic (exact) mass is 439 g/mol. The molecule has 0 radical (unpaired) electrons. The molecule has 172 valence electrons. The van der Waals surface area contributed by atoms with Gasteiger partial charge in [-0.3, -0.25) is 4.90 Å². The smallest absolute Gasteiger partial charge is 0.378 e. The zero-order valence-electron chi connectivity index (χ0n) is 17.1. The van der Waals surface area contributed by atoms with Crippen molar-refractivity contribution in [1.82, 2.24) is 4.90 Å². The van der Waals surface area contributed by atoms with Crippen LogP contribution in [0.1, 0.15) is 47.0 Å². The first-order valence-electron chi connectivity index (χ1n) is 9.79.